The van der Waals surface area contributed by atoms with Crippen molar-refractivity contribution in [3.8, 4) is 0 Å². The number of rotatable bonds is 3. The van der Waals surface area contributed by atoms with Crippen LogP contribution in [0.15, 0.2) is 0 Å². The van der Waals surface area contributed by atoms with Gasteiger partial charge < -0.3 is 1.43 Å². The quantitative estimate of drug-likeness (QED) is 0.454. The predicted molar refractivity (Wildman–Crippen MR) is 48.5 cm³/mol. The smallest absolute Gasteiger partial charge is 1.00 e. The Hall–Kier alpha value is 1.55. The zero-order valence-corrected chi connectivity index (χ0v) is 12.4. The largest absolute Gasteiger partial charge is 1.00 e. The van der Waals surface area contributed by atoms with Gasteiger partial charge in [-0.3, -0.25) is 4.18 Å². The normalized spacial score (nSPS) is 19.5. The fraction of sp³-hybridized carbons (Fsp3) is 1.00. The molecule has 0 atom stereocenters. The first kappa shape index (κ1) is 14.5. The van der Waals surface area contributed by atoms with Crippen LogP contribution in [0.25, 0.3) is 0 Å². The van der Waals surface area contributed by atoms with Gasteiger partial charge in [0.05, 0.1) is 11.9 Å². The summed E-state index contributed by atoms with van der Waals surface area (Å²) < 4.78 is 27.5. The molecule has 0 unspecified atom stereocenters. The Morgan fingerprint density at radius 2 is 1.85 bits per heavy atom. The van der Waals surface area contributed by atoms with E-state index in [1.165, 1.54) is 0 Å². The van der Waals surface area contributed by atoms with Gasteiger partial charge in [-0.2, -0.15) is 8.42 Å². The fourth-order valence-electron chi connectivity index (χ4n) is 1.61. The third kappa shape index (κ3) is 4.73. The molecule has 0 aliphatic heterocycles. The van der Waals surface area contributed by atoms with E-state index in [1.54, 1.807) is 6.92 Å². The van der Waals surface area contributed by atoms with Crippen molar-refractivity contribution in [3.63, 3.8) is 0 Å². The molecule has 0 saturated heterocycles. The van der Waals surface area contributed by atoms with Crippen molar-refractivity contribution < 1.29 is 65.4 Å². The molecule has 5 heteroatoms. The number of hydrogen-bond donors (Lipinski definition) is 0. The van der Waals surface area contributed by atoms with Crippen LogP contribution in [0, 0.1) is 0 Å². The van der Waals surface area contributed by atoms with Crippen LogP contribution in [0.1, 0.15) is 40.5 Å². The average molecular weight is 232 g/mol. The molecule has 74 valence electrons. The molecule has 0 radical (unpaired) electrons. The van der Waals surface area contributed by atoms with Crippen LogP contribution in [0.3, 0.4) is 0 Å². The summed E-state index contributed by atoms with van der Waals surface area (Å²) in [6.07, 6.45) is 4.77. The molecule has 0 spiro atoms. The third-order valence-electron chi connectivity index (χ3n) is 2.24. The van der Waals surface area contributed by atoms with E-state index in [2.05, 4.69) is 0 Å². The van der Waals surface area contributed by atoms with E-state index in [-0.39, 0.29) is 64.7 Å². The SMILES string of the molecule is CCOS(=O)(=O)C1CCCCC1.[H-].[K+]. The van der Waals surface area contributed by atoms with E-state index in [0.717, 1.165) is 32.1 Å². The predicted octanol–water partition coefficient (Wildman–Crippen LogP) is -1.20. The van der Waals surface area contributed by atoms with Gasteiger partial charge in [-0.15, -0.1) is 0 Å². The van der Waals surface area contributed by atoms with Gasteiger partial charge in [-0.1, -0.05) is 19.3 Å². The van der Waals surface area contributed by atoms with Crippen molar-refractivity contribution in [2.45, 2.75) is 44.3 Å². The van der Waals surface area contributed by atoms with Crippen molar-refractivity contribution in [3.05, 3.63) is 0 Å². The second kappa shape index (κ2) is 6.93. The topological polar surface area (TPSA) is 43.4 Å². The van der Waals surface area contributed by atoms with Crippen LogP contribution in [-0.2, 0) is 14.3 Å². The van der Waals surface area contributed by atoms with Crippen LogP contribution >= 0.6 is 0 Å². The van der Waals surface area contributed by atoms with Gasteiger partial charge in [0.2, 0.25) is 0 Å². The molecule has 1 aliphatic rings. The van der Waals surface area contributed by atoms with Crippen molar-refractivity contribution in [2.75, 3.05) is 6.61 Å². The summed E-state index contributed by atoms with van der Waals surface area (Å²) in [7, 11) is -3.23. The second-order valence-electron chi connectivity index (χ2n) is 3.16. The van der Waals surface area contributed by atoms with Gasteiger partial charge in [0.1, 0.15) is 0 Å². The summed E-state index contributed by atoms with van der Waals surface area (Å²) in [5.74, 6) is 0. The van der Waals surface area contributed by atoms with Crippen molar-refractivity contribution in [1.82, 2.24) is 0 Å². The minimum atomic E-state index is -3.23. The maximum Gasteiger partial charge on any atom is 1.00 e. The van der Waals surface area contributed by atoms with Crippen LogP contribution in [-0.4, -0.2) is 20.3 Å². The molecule has 1 aliphatic carbocycles. The van der Waals surface area contributed by atoms with E-state index in [4.69, 9.17) is 4.18 Å². The van der Waals surface area contributed by atoms with Crippen LogP contribution in [0.2, 0.25) is 0 Å². The molecule has 3 nitrogen and oxygen atoms in total. The van der Waals surface area contributed by atoms with Gasteiger partial charge in [0.15, 0.2) is 0 Å². The molecule has 1 saturated carbocycles. The van der Waals surface area contributed by atoms with Crippen molar-refractivity contribution in [1.29, 1.82) is 0 Å². The molecule has 13 heavy (non-hydrogen) atoms. The Balaban J connectivity index is 0. The summed E-state index contributed by atoms with van der Waals surface area (Å²) in [6, 6.07) is 0. The minimum absolute atomic E-state index is 0. The van der Waals surface area contributed by atoms with E-state index >= 15 is 0 Å². The van der Waals surface area contributed by atoms with E-state index in [9.17, 15) is 8.42 Å². The number of hydrogen-bond acceptors (Lipinski definition) is 3. The van der Waals surface area contributed by atoms with Gasteiger partial charge in [0.25, 0.3) is 10.1 Å². The first-order valence-corrected chi connectivity index (χ1v) is 6.02. The Labute approximate surface area is 125 Å². The molecule has 0 bridgehead atoms. The molecule has 0 aromatic heterocycles. The molecule has 1 fully saturated rings. The standard InChI is InChI=1S/C8H16O3S.K.H/c1-2-11-12(9,10)8-6-4-3-5-7-8;;/h8H,2-7H2,1H3;;/q;+1;-1. The fourth-order valence-corrected chi connectivity index (χ4v) is 3.05. The molecule has 0 heterocycles. The van der Waals surface area contributed by atoms with Crippen LogP contribution < -0.4 is 51.4 Å². The van der Waals surface area contributed by atoms with Gasteiger partial charge >= 0.3 is 51.4 Å². The van der Waals surface area contributed by atoms with E-state index < -0.39 is 10.1 Å². The van der Waals surface area contributed by atoms with Crippen LogP contribution in [0.4, 0.5) is 0 Å². The molecule has 0 aromatic rings. The summed E-state index contributed by atoms with van der Waals surface area (Å²) in [5.41, 5.74) is 0. The third-order valence-corrected chi connectivity index (χ3v) is 4.09. The molecule has 1 rings (SSSR count). The zero-order chi connectivity index (χ0) is 9.03. The Bertz CT molecular complexity index is 225. The van der Waals surface area contributed by atoms with Gasteiger partial charge in [-0.05, 0) is 19.8 Å². The molecular weight excluding hydrogens is 215 g/mol. The molecule has 0 amide bonds. The average Bonchev–Trinajstić information content (AvgIpc) is 2.06. The van der Waals surface area contributed by atoms with E-state index in [0.29, 0.717) is 0 Å². The van der Waals surface area contributed by atoms with E-state index in [1.807, 2.05) is 0 Å². The molecule has 0 aromatic carbocycles. The first-order valence-electron chi connectivity index (χ1n) is 4.55. The summed E-state index contributed by atoms with van der Waals surface area (Å²) in [5, 5.41) is -0.230. The second-order valence-corrected chi connectivity index (χ2v) is 5.05. The Kier molecular flexibility index (Phi) is 7.75. The Morgan fingerprint density at radius 1 is 1.31 bits per heavy atom. The monoisotopic (exact) mass is 232 g/mol. The van der Waals surface area contributed by atoms with Crippen LogP contribution in [0.5, 0.6) is 0 Å². The summed E-state index contributed by atoms with van der Waals surface area (Å²) in [4.78, 5) is 0. The first-order chi connectivity index (χ1) is 5.67. The minimum Gasteiger partial charge on any atom is -1.00 e. The van der Waals surface area contributed by atoms with Gasteiger partial charge in [-0.25, -0.2) is 0 Å². The Morgan fingerprint density at radius 3 is 2.31 bits per heavy atom. The van der Waals surface area contributed by atoms with Crippen molar-refractivity contribution in [2.24, 2.45) is 0 Å². The summed E-state index contributed by atoms with van der Waals surface area (Å²) in [6.45, 7) is 1.97. The zero-order valence-electron chi connectivity index (χ0n) is 9.45. The summed E-state index contributed by atoms with van der Waals surface area (Å²) >= 11 is 0. The van der Waals surface area contributed by atoms with Crippen molar-refractivity contribution >= 4 is 10.1 Å². The maximum absolute atomic E-state index is 11.4. The molecular formula is C8H17KO3S. The maximum atomic E-state index is 11.4. The molecule has 0 N–H and O–H groups in total. The van der Waals surface area contributed by atoms with Gasteiger partial charge in [0, 0.05) is 0 Å².